The van der Waals surface area contributed by atoms with E-state index in [-0.39, 0.29) is 29.2 Å². The third-order valence-corrected chi connectivity index (χ3v) is 8.55. The minimum Gasteiger partial charge on any atom is -0.338 e. The summed E-state index contributed by atoms with van der Waals surface area (Å²) in [6.07, 6.45) is 0.493. The number of hydrogen-bond donors (Lipinski definition) is 0. The van der Waals surface area contributed by atoms with Crippen molar-refractivity contribution >= 4 is 39.1 Å². The lowest BCUT2D eigenvalue weighted by Gasteiger charge is -2.26. The highest BCUT2D eigenvalue weighted by atomic mass is 35.5. The average Bonchev–Trinajstić information content (AvgIpc) is 3.36. The van der Waals surface area contributed by atoms with Gasteiger partial charge in [0, 0.05) is 28.9 Å². The van der Waals surface area contributed by atoms with Gasteiger partial charge in [0.15, 0.2) is 20.8 Å². The fraction of sp³-hybridized carbons (Fsp3) is 0.348. The number of aromatic nitrogens is 3. The third kappa shape index (κ3) is 5.42. The van der Waals surface area contributed by atoms with E-state index < -0.39 is 9.84 Å². The predicted octanol–water partition coefficient (Wildman–Crippen LogP) is 4.02. The van der Waals surface area contributed by atoms with Crippen LogP contribution in [0.25, 0.3) is 17.1 Å². The Balaban J connectivity index is 1.61. The quantitative estimate of drug-likeness (QED) is 0.452. The molecule has 0 spiro atoms. The van der Waals surface area contributed by atoms with Crippen molar-refractivity contribution in [3.8, 4) is 17.1 Å². The smallest absolute Gasteiger partial charge is 0.233 e. The Labute approximate surface area is 203 Å². The molecule has 1 amide bonds. The molecule has 1 aliphatic heterocycles. The first-order chi connectivity index (χ1) is 15.8. The Kier molecular flexibility index (Phi) is 7.11. The first-order valence-electron chi connectivity index (χ1n) is 10.7. The maximum Gasteiger partial charge on any atom is 0.233 e. The van der Waals surface area contributed by atoms with Crippen LogP contribution < -0.4 is 0 Å². The summed E-state index contributed by atoms with van der Waals surface area (Å²) < 4.78 is 25.7. The number of sulfone groups is 1. The summed E-state index contributed by atoms with van der Waals surface area (Å²) in [5, 5.41) is 10.0. The number of nitrogens with zero attached hydrogens (tertiary/aromatic N) is 4. The van der Waals surface area contributed by atoms with Crippen LogP contribution in [0.4, 0.5) is 0 Å². The topological polar surface area (TPSA) is 85.2 Å². The zero-order chi connectivity index (χ0) is 23.6. The van der Waals surface area contributed by atoms with E-state index in [2.05, 4.69) is 10.2 Å². The largest absolute Gasteiger partial charge is 0.338 e. The summed E-state index contributed by atoms with van der Waals surface area (Å²) in [5.74, 6) is 0.880. The second kappa shape index (κ2) is 9.87. The lowest BCUT2D eigenvalue weighted by Crippen LogP contribution is -2.42. The minimum absolute atomic E-state index is 0.0391. The van der Waals surface area contributed by atoms with Crippen LogP contribution >= 0.6 is 23.4 Å². The van der Waals surface area contributed by atoms with Gasteiger partial charge in [-0.1, -0.05) is 35.5 Å². The van der Waals surface area contributed by atoms with Crippen molar-refractivity contribution in [2.24, 2.45) is 0 Å². The summed E-state index contributed by atoms with van der Waals surface area (Å²) in [4.78, 5) is 14.7. The van der Waals surface area contributed by atoms with Crippen LogP contribution in [0.15, 0.2) is 53.7 Å². The molecule has 7 nitrogen and oxygen atoms in total. The maximum absolute atomic E-state index is 13.0. The molecule has 0 aliphatic carbocycles. The van der Waals surface area contributed by atoms with Crippen LogP contribution in [0.2, 0.25) is 5.02 Å². The molecule has 0 bridgehead atoms. The first-order valence-corrected chi connectivity index (χ1v) is 13.9. The zero-order valence-corrected chi connectivity index (χ0v) is 20.8. The fourth-order valence-electron chi connectivity index (χ4n) is 4.02. The monoisotopic (exact) mass is 504 g/mol. The van der Waals surface area contributed by atoms with Gasteiger partial charge in [0.2, 0.25) is 5.91 Å². The molecule has 1 atom stereocenters. The van der Waals surface area contributed by atoms with Gasteiger partial charge in [0.05, 0.1) is 17.3 Å². The molecular formula is C23H25ClN4O3S2. The fourth-order valence-corrected chi connectivity index (χ4v) is 6.71. The van der Waals surface area contributed by atoms with Crippen molar-refractivity contribution < 1.29 is 13.2 Å². The predicted molar refractivity (Wildman–Crippen MR) is 132 cm³/mol. The number of thioether (sulfide) groups is 1. The molecule has 1 fully saturated rings. The lowest BCUT2D eigenvalue weighted by atomic mass is 10.2. The molecule has 0 radical (unpaired) electrons. The zero-order valence-electron chi connectivity index (χ0n) is 18.4. The number of amides is 1. The number of rotatable bonds is 7. The van der Waals surface area contributed by atoms with Crippen molar-refractivity contribution in [3.05, 3.63) is 59.1 Å². The summed E-state index contributed by atoms with van der Waals surface area (Å²) in [6.45, 7) is 4.36. The number of carbonyl (C=O) groups is 1. The van der Waals surface area contributed by atoms with Crippen molar-refractivity contribution in [2.75, 3.05) is 23.8 Å². The summed E-state index contributed by atoms with van der Waals surface area (Å²) >= 11 is 7.35. The highest BCUT2D eigenvalue weighted by Gasteiger charge is 2.34. The van der Waals surface area contributed by atoms with Gasteiger partial charge in [-0.15, -0.1) is 10.2 Å². The Morgan fingerprint density at radius 1 is 1.21 bits per heavy atom. The van der Waals surface area contributed by atoms with Crippen LogP contribution in [0.3, 0.4) is 0 Å². The van der Waals surface area contributed by atoms with Crippen LogP contribution in [0, 0.1) is 6.92 Å². The number of carbonyl (C=O) groups excluding carboxylic acids is 1. The summed E-state index contributed by atoms with van der Waals surface area (Å²) in [6, 6.07) is 15.1. The Hall–Kier alpha value is -2.36. The van der Waals surface area contributed by atoms with Crippen LogP contribution in [0.1, 0.15) is 18.9 Å². The Morgan fingerprint density at radius 2 is 1.97 bits per heavy atom. The normalized spacial score (nSPS) is 17.2. The van der Waals surface area contributed by atoms with E-state index in [0.29, 0.717) is 29.0 Å². The van der Waals surface area contributed by atoms with Crippen LogP contribution in [-0.4, -0.2) is 63.8 Å². The highest BCUT2D eigenvalue weighted by molar-refractivity contribution is 7.99. The second-order valence-corrected chi connectivity index (χ2v) is 11.6. The molecule has 2 heterocycles. The molecular weight excluding hydrogens is 480 g/mol. The highest BCUT2D eigenvalue weighted by Crippen LogP contribution is 2.29. The first kappa shape index (κ1) is 23.8. The molecule has 0 N–H and O–H groups in total. The number of benzene rings is 2. The van der Waals surface area contributed by atoms with Gasteiger partial charge in [0.25, 0.3) is 0 Å². The molecule has 4 rings (SSSR count). The third-order valence-electron chi connectivity index (χ3n) is 5.63. The SMILES string of the molecule is CCN(C(=O)CSc1nnc(-c2ccc(Cl)cc2)n1-c1cccc(C)c1)[C@@H]1CCS(=O)(=O)C1. The number of hydrogen-bond acceptors (Lipinski definition) is 6. The standard InChI is InChI=1S/C23H25ClN4O3S2/c1-3-27(20-11-12-33(30,31)15-20)21(29)14-32-23-26-25-22(17-7-9-18(24)10-8-17)28(23)19-6-4-5-16(2)13-19/h4-10,13,20H,3,11-12,14-15H2,1-2H3/t20-/m1/s1. The van der Waals surface area contributed by atoms with Crippen molar-refractivity contribution in [1.82, 2.24) is 19.7 Å². The van der Waals surface area contributed by atoms with Gasteiger partial charge < -0.3 is 4.90 Å². The van der Waals surface area contributed by atoms with Gasteiger partial charge >= 0.3 is 0 Å². The molecule has 1 aromatic heterocycles. The van der Waals surface area contributed by atoms with Gasteiger partial charge in [-0.25, -0.2) is 8.42 Å². The molecule has 1 aliphatic rings. The number of halogens is 1. The molecule has 0 unspecified atom stereocenters. The molecule has 10 heteroatoms. The molecule has 3 aromatic rings. The minimum atomic E-state index is -3.06. The molecule has 33 heavy (non-hydrogen) atoms. The van der Waals surface area contributed by atoms with E-state index in [1.807, 2.05) is 54.8 Å². The van der Waals surface area contributed by atoms with E-state index in [4.69, 9.17) is 11.6 Å². The molecule has 174 valence electrons. The Morgan fingerprint density at radius 3 is 2.61 bits per heavy atom. The van der Waals surface area contributed by atoms with E-state index in [1.54, 1.807) is 17.0 Å². The van der Waals surface area contributed by atoms with E-state index in [9.17, 15) is 13.2 Å². The van der Waals surface area contributed by atoms with Crippen LogP contribution in [0.5, 0.6) is 0 Å². The maximum atomic E-state index is 13.0. The average molecular weight is 505 g/mol. The molecule has 0 saturated carbocycles. The van der Waals surface area contributed by atoms with E-state index >= 15 is 0 Å². The summed E-state index contributed by atoms with van der Waals surface area (Å²) in [7, 11) is -3.06. The second-order valence-electron chi connectivity index (χ2n) is 8.01. The van der Waals surface area contributed by atoms with Crippen molar-refractivity contribution in [2.45, 2.75) is 31.5 Å². The van der Waals surface area contributed by atoms with Gasteiger partial charge in [-0.05, 0) is 62.2 Å². The van der Waals surface area contributed by atoms with Gasteiger partial charge in [0.1, 0.15) is 0 Å². The van der Waals surface area contributed by atoms with Crippen molar-refractivity contribution in [1.29, 1.82) is 0 Å². The van der Waals surface area contributed by atoms with Crippen LogP contribution in [-0.2, 0) is 14.6 Å². The van der Waals surface area contributed by atoms with Gasteiger partial charge in [-0.3, -0.25) is 9.36 Å². The lowest BCUT2D eigenvalue weighted by molar-refractivity contribution is -0.129. The number of aryl methyl sites for hydroxylation is 1. The van der Waals surface area contributed by atoms with Crippen molar-refractivity contribution in [3.63, 3.8) is 0 Å². The summed E-state index contributed by atoms with van der Waals surface area (Å²) in [5.41, 5.74) is 2.85. The molecule has 1 saturated heterocycles. The van der Waals surface area contributed by atoms with E-state index in [1.165, 1.54) is 11.8 Å². The Bertz CT molecular complexity index is 1260. The molecule has 2 aromatic carbocycles. The van der Waals surface area contributed by atoms with E-state index in [0.717, 1.165) is 16.8 Å². The van der Waals surface area contributed by atoms with Gasteiger partial charge in [-0.2, -0.15) is 0 Å².